The van der Waals surface area contributed by atoms with Crippen molar-refractivity contribution < 1.29 is 4.42 Å². The van der Waals surface area contributed by atoms with Gasteiger partial charge >= 0.3 is 0 Å². The molecule has 1 saturated carbocycles. The van der Waals surface area contributed by atoms with Crippen LogP contribution in [0.15, 0.2) is 28.9 Å². The average molecular weight is 215 g/mol. The summed E-state index contributed by atoms with van der Waals surface area (Å²) in [5, 5.41) is 1.28. The van der Waals surface area contributed by atoms with Gasteiger partial charge in [-0.2, -0.15) is 0 Å². The molecular weight excluding hydrogens is 198 g/mol. The van der Waals surface area contributed by atoms with Crippen LogP contribution in [-0.4, -0.2) is 5.54 Å². The van der Waals surface area contributed by atoms with Crippen LogP contribution in [0.2, 0.25) is 0 Å². The number of benzene rings is 1. The lowest BCUT2D eigenvalue weighted by Gasteiger charge is -2.09. The molecule has 1 fully saturated rings. The molecule has 84 valence electrons. The van der Waals surface area contributed by atoms with E-state index >= 15 is 0 Å². The van der Waals surface area contributed by atoms with Gasteiger partial charge in [0.2, 0.25) is 0 Å². The van der Waals surface area contributed by atoms with Crippen molar-refractivity contribution in [2.24, 2.45) is 5.73 Å². The van der Waals surface area contributed by atoms with Crippen LogP contribution < -0.4 is 5.73 Å². The normalized spacial score (nSPS) is 17.9. The second-order valence-electron chi connectivity index (χ2n) is 5.07. The zero-order valence-electron chi connectivity index (χ0n) is 9.62. The summed E-state index contributed by atoms with van der Waals surface area (Å²) < 4.78 is 5.51. The Kier molecular flexibility index (Phi) is 2.08. The van der Waals surface area contributed by atoms with Crippen LogP contribution in [0.25, 0.3) is 11.0 Å². The van der Waals surface area contributed by atoms with E-state index in [9.17, 15) is 0 Å². The second-order valence-corrected chi connectivity index (χ2v) is 5.07. The molecule has 0 saturated heterocycles. The summed E-state index contributed by atoms with van der Waals surface area (Å²) in [4.78, 5) is 0. The van der Waals surface area contributed by atoms with E-state index in [2.05, 4.69) is 19.1 Å². The van der Waals surface area contributed by atoms with Crippen molar-refractivity contribution in [2.45, 2.75) is 38.1 Å². The molecule has 3 rings (SSSR count). The fourth-order valence-corrected chi connectivity index (χ4v) is 2.34. The number of nitrogens with two attached hydrogens (primary N) is 1. The highest BCUT2D eigenvalue weighted by Gasteiger charge is 2.37. The van der Waals surface area contributed by atoms with Gasteiger partial charge in [-0.25, -0.2) is 0 Å². The number of hydrogen-bond donors (Lipinski definition) is 1. The molecule has 1 heterocycles. The van der Waals surface area contributed by atoms with Gasteiger partial charge in [-0.1, -0.05) is 12.1 Å². The zero-order chi connectivity index (χ0) is 11.2. The van der Waals surface area contributed by atoms with Gasteiger partial charge in [-0.05, 0) is 49.8 Å². The van der Waals surface area contributed by atoms with E-state index in [-0.39, 0.29) is 5.54 Å². The van der Waals surface area contributed by atoms with E-state index in [1.165, 1.54) is 29.4 Å². The quantitative estimate of drug-likeness (QED) is 0.854. The minimum atomic E-state index is 0.139. The van der Waals surface area contributed by atoms with Gasteiger partial charge in [-0.3, -0.25) is 0 Å². The van der Waals surface area contributed by atoms with E-state index in [1.54, 1.807) is 0 Å². The van der Waals surface area contributed by atoms with Crippen molar-refractivity contribution in [1.82, 2.24) is 0 Å². The molecule has 2 aromatic rings. The zero-order valence-corrected chi connectivity index (χ0v) is 9.62. The van der Waals surface area contributed by atoms with Crippen LogP contribution in [0, 0.1) is 6.92 Å². The highest BCUT2D eigenvalue weighted by Crippen LogP contribution is 2.37. The lowest BCUT2D eigenvalue weighted by molar-refractivity contribution is 0.607. The molecule has 1 aliphatic rings. The monoisotopic (exact) mass is 215 g/mol. The van der Waals surface area contributed by atoms with Gasteiger partial charge in [-0.15, -0.1) is 0 Å². The van der Waals surface area contributed by atoms with Crippen LogP contribution in [0.5, 0.6) is 0 Å². The maximum absolute atomic E-state index is 6.13. The molecule has 1 aromatic heterocycles. The molecule has 16 heavy (non-hydrogen) atoms. The van der Waals surface area contributed by atoms with Gasteiger partial charge in [0.05, 0.1) is 6.26 Å². The van der Waals surface area contributed by atoms with Crippen LogP contribution in [-0.2, 0) is 6.42 Å². The van der Waals surface area contributed by atoms with Crippen molar-refractivity contribution in [1.29, 1.82) is 0 Å². The summed E-state index contributed by atoms with van der Waals surface area (Å²) >= 11 is 0. The topological polar surface area (TPSA) is 39.2 Å². The predicted molar refractivity (Wildman–Crippen MR) is 65.4 cm³/mol. The summed E-state index contributed by atoms with van der Waals surface area (Å²) in [6.45, 7) is 2.10. The SMILES string of the molecule is Cc1coc2cccc(CCC3(N)CC3)c12. The first-order valence-electron chi connectivity index (χ1n) is 5.93. The number of furan rings is 1. The molecule has 0 spiro atoms. The first-order valence-corrected chi connectivity index (χ1v) is 5.93. The summed E-state index contributed by atoms with van der Waals surface area (Å²) in [5.41, 5.74) is 9.87. The third-order valence-corrected chi connectivity index (χ3v) is 3.65. The Bertz CT molecular complexity index is 523. The molecule has 2 heteroatoms. The van der Waals surface area contributed by atoms with E-state index in [0.29, 0.717) is 0 Å². The van der Waals surface area contributed by atoms with Gasteiger partial charge < -0.3 is 10.2 Å². The van der Waals surface area contributed by atoms with Gasteiger partial charge in [0.1, 0.15) is 5.58 Å². The average Bonchev–Trinajstić information content (AvgIpc) is 2.90. The van der Waals surface area contributed by atoms with E-state index in [0.717, 1.165) is 18.4 Å². The lowest BCUT2D eigenvalue weighted by atomic mass is 9.99. The number of fused-ring (bicyclic) bond motifs is 1. The van der Waals surface area contributed by atoms with Crippen molar-refractivity contribution in [3.8, 4) is 0 Å². The third-order valence-electron chi connectivity index (χ3n) is 3.65. The molecule has 0 amide bonds. The van der Waals surface area contributed by atoms with Crippen molar-refractivity contribution >= 4 is 11.0 Å². The fourth-order valence-electron chi connectivity index (χ4n) is 2.34. The van der Waals surface area contributed by atoms with Crippen LogP contribution in [0.1, 0.15) is 30.4 Å². The molecular formula is C14H17NO. The molecule has 0 aliphatic heterocycles. The molecule has 2 nitrogen and oxygen atoms in total. The molecule has 1 aliphatic carbocycles. The largest absolute Gasteiger partial charge is 0.464 e. The molecule has 0 atom stereocenters. The van der Waals surface area contributed by atoms with E-state index < -0.39 is 0 Å². The molecule has 0 radical (unpaired) electrons. The lowest BCUT2D eigenvalue weighted by Crippen LogP contribution is -2.22. The van der Waals surface area contributed by atoms with Crippen LogP contribution in [0.3, 0.4) is 0 Å². The minimum absolute atomic E-state index is 0.139. The summed E-state index contributed by atoms with van der Waals surface area (Å²) in [5.74, 6) is 0. The maximum atomic E-state index is 6.13. The Balaban J connectivity index is 1.93. The highest BCUT2D eigenvalue weighted by atomic mass is 16.3. The summed E-state index contributed by atoms with van der Waals surface area (Å²) in [6.07, 6.45) is 6.37. The Labute approximate surface area is 95.4 Å². The molecule has 2 N–H and O–H groups in total. The van der Waals surface area contributed by atoms with Crippen molar-refractivity contribution in [3.05, 3.63) is 35.6 Å². The van der Waals surface area contributed by atoms with Crippen LogP contribution in [0.4, 0.5) is 0 Å². The summed E-state index contributed by atoms with van der Waals surface area (Å²) in [6, 6.07) is 6.29. The van der Waals surface area contributed by atoms with Crippen molar-refractivity contribution in [3.63, 3.8) is 0 Å². The number of aryl methyl sites for hydroxylation is 2. The summed E-state index contributed by atoms with van der Waals surface area (Å²) in [7, 11) is 0. The van der Waals surface area contributed by atoms with Gasteiger partial charge in [0.25, 0.3) is 0 Å². The molecule has 0 bridgehead atoms. The highest BCUT2D eigenvalue weighted by molar-refractivity contribution is 5.84. The number of hydrogen-bond acceptors (Lipinski definition) is 2. The molecule has 1 aromatic carbocycles. The first kappa shape index (κ1) is 9.91. The van der Waals surface area contributed by atoms with Gasteiger partial charge in [0, 0.05) is 10.9 Å². The van der Waals surface area contributed by atoms with Crippen LogP contribution >= 0.6 is 0 Å². The predicted octanol–water partition coefficient (Wildman–Crippen LogP) is 3.17. The van der Waals surface area contributed by atoms with E-state index in [1.807, 2.05) is 12.3 Å². The Morgan fingerprint density at radius 1 is 1.38 bits per heavy atom. The Morgan fingerprint density at radius 3 is 2.94 bits per heavy atom. The Hall–Kier alpha value is -1.28. The van der Waals surface area contributed by atoms with E-state index in [4.69, 9.17) is 10.2 Å². The second kappa shape index (κ2) is 3.36. The van der Waals surface area contributed by atoms with Crippen molar-refractivity contribution in [2.75, 3.05) is 0 Å². The van der Waals surface area contributed by atoms with Gasteiger partial charge in [0.15, 0.2) is 0 Å². The minimum Gasteiger partial charge on any atom is -0.464 e. The fraction of sp³-hybridized carbons (Fsp3) is 0.429. The first-order chi connectivity index (χ1) is 7.68. The molecule has 0 unspecified atom stereocenters. The number of rotatable bonds is 3. The third kappa shape index (κ3) is 1.63. The smallest absolute Gasteiger partial charge is 0.134 e. The maximum Gasteiger partial charge on any atom is 0.134 e. The Morgan fingerprint density at radius 2 is 2.19 bits per heavy atom. The standard InChI is InChI=1S/C14H17NO/c1-10-9-16-12-4-2-3-11(13(10)12)5-6-14(15)7-8-14/h2-4,9H,5-8,15H2,1H3.